The van der Waals surface area contributed by atoms with E-state index in [0.717, 1.165) is 0 Å². The minimum Gasteiger partial charge on any atom is -0.867 e. The molecule has 0 saturated heterocycles. The van der Waals surface area contributed by atoms with Gasteiger partial charge in [-0.2, -0.15) is 4.57 Å². The first-order chi connectivity index (χ1) is 12.6. The van der Waals surface area contributed by atoms with Gasteiger partial charge in [-0.3, -0.25) is 0 Å². The van der Waals surface area contributed by atoms with Crippen LogP contribution >= 0.6 is 35.4 Å². The summed E-state index contributed by atoms with van der Waals surface area (Å²) in [4.78, 5) is 0.277. The molecule has 1 N–H and O–H groups in total. The zero-order valence-corrected chi connectivity index (χ0v) is 15.8. The van der Waals surface area contributed by atoms with Crippen molar-refractivity contribution in [2.24, 2.45) is 0 Å². The second-order valence-electron chi connectivity index (χ2n) is 5.35. The Labute approximate surface area is 166 Å². The number of nitrogens with one attached hydrogen (secondary N) is 1. The van der Waals surface area contributed by atoms with E-state index in [1.165, 1.54) is 6.07 Å². The summed E-state index contributed by atoms with van der Waals surface area (Å²) in [6.07, 6.45) is 5.06. The van der Waals surface area contributed by atoms with Crippen LogP contribution in [-0.4, -0.2) is 4.99 Å². The van der Waals surface area contributed by atoms with Crippen LogP contribution in [0.2, 0.25) is 10.0 Å². The highest BCUT2D eigenvalue weighted by atomic mass is 35.5. The minimum atomic E-state index is -0.328. The number of benzene rings is 1. The summed E-state index contributed by atoms with van der Waals surface area (Å²) in [6.45, 7) is 0.360. The van der Waals surface area contributed by atoms with Crippen LogP contribution in [0, 0.1) is 0 Å². The van der Waals surface area contributed by atoms with Gasteiger partial charge >= 0.3 is 0 Å². The summed E-state index contributed by atoms with van der Waals surface area (Å²) in [5, 5.41) is 16.9. The Morgan fingerprint density at radius 3 is 2.58 bits per heavy atom. The molecule has 0 radical (unpaired) electrons. The summed E-state index contributed by atoms with van der Waals surface area (Å²) >= 11 is 17.7. The van der Waals surface area contributed by atoms with E-state index in [1.54, 1.807) is 41.4 Å². The molecule has 4 nitrogen and oxygen atoms in total. The van der Waals surface area contributed by atoms with Gasteiger partial charge in [0.1, 0.15) is 5.76 Å². The van der Waals surface area contributed by atoms with E-state index in [-0.39, 0.29) is 22.0 Å². The number of furan rings is 1. The van der Waals surface area contributed by atoms with Gasteiger partial charge < -0.3 is 14.8 Å². The zero-order chi connectivity index (χ0) is 18.5. The molecule has 132 valence electrons. The van der Waals surface area contributed by atoms with Gasteiger partial charge in [0, 0.05) is 22.2 Å². The number of hydrogen-bond donors (Lipinski definition) is 1. The maximum absolute atomic E-state index is 13.2. The third-order valence-electron chi connectivity index (χ3n) is 3.58. The molecule has 0 saturated carbocycles. The van der Waals surface area contributed by atoms with Crippen LogP contribution in [0.4, 0.5) is 0 Å². The normalized spacial score (nSPS) is 11.8. The molecule has 26 heavy (non-hydrogen) atoms. The number of pyridine rings is 1. The molecule has 2 heterocycles. The topological polar surface area (TPSA) is 52.1 Å². The molecular formula is C19H14Cl2N2O2S. The molecule has 0 unspecified atom stereocenters. The monoisotopic (exact) mass is 404 g/mol. The lowest BCUT2D eigenvalue weighted by atomic mass is 10.1. The maximum atomic E-state index is 13.2. The first-order valence-corrected chi connectivity index (χ1v) is 8.86. The summed E-state index contributed by atoms with van der Waals surface area (Å²) in [6, 6.07) is 13.8. The van der Waals surface area contributed by atoms with Crippen molar-refractivity contribution in [3.63, 3.8) is 0 Å². The highest BCUT2D eigenvalue weighted by Gasteiger charge is 2.19. The molecule has 1 aromatic carbocycles. The Kier molecular flexibility index (Phi) is 5.93. The van der Waals surface area contributed by atoms with Crippen LogP contribution in [0.25, 0.3) is 11.5 Å². The lowest BCUT2D eigenvalue weighted by Crippen LogP contribution is -2.42. The maximum Gasteiger partial charge on any atom is 0.238 e. The van der Waals surface area contributed by atoms with E-state index in [2.05, 4.69) is 5.32 Å². The Morgan fingerprint density at radius 2 is 1.88 bits per heavy atom. The lowest BCUT2D eigenvalue weighted by Gasteiger charge is -2.18. The number of nitrogens with zero attached hydrogens (tertiary/aromatic N) is 1. The molecule has 3 aromatic rings. The van der Waals surface area contributed by atoms with Crippen LogP contribution in [0.5, 0.6) is 0 Å². The Morgan fingerprint density at radius 1 is 1.12 bits per heavy atom. The number of aromatic nitrogens is 1. The molecule has 0 aliphatic rings. The van der Waals surface area contributed by atoms with Crippen LogP contribution in [0.3, 0.4) is 0 Å². The van der Waals surface area contributed by atoms with Crippen LogP contribution in [0.1, 0.15) is 11.3 Å². The minimum absolute atomic E-state index is 0.274. The fourth-order valence-electron chi connectivity index (χ4n) is 2.35. The fraction of sp³-hybridized carbons (Fsp3) is 0.0526. The second kappa shape index (κ2) is 8.36. The van der Waals surface area contributed by atoms with Crippen LogP contribution in [-0.2, 0) is 6.54 Å². The molecule has 0 aliphatic heterocycles. The van der Waals surface area contributed by atoms with E-state index in [4.69, 9.17) is 39.8 Å². The van der Waals surface area contributed by atoms with Gasteiger partial charge in [0.2, 0.25) is 5.70 Å². The van der Waals surface area contributed by atoms with E-state index >= 15 is 0 Å². The molecule has 0 fully saturated rings. The van der Waals surface area contributed by atoms with Crippen LogP contribution < -0.4 is 15.0 Å². The molecule has 0 bridgehead atoms. The molecule has 2 aromatic heterocycles. The summed E-state index contributed by atoms with van der Waals surface area (Å²) in [5.41, 5.74) is 0.559. The van der Waals surface area contributed by atoms with Crippen molar-refractivity contribution in [2.75, 3.05) is 0 Å². The van der Waals surface area contributed by atoms with Crippen molar-refractivity contribution in [1.82, 2.24) is 5.32 Å². The van der Waals surface area contributed by atoms with Crippen molar-refractivity contribution in [3.8, 4) is 0 Å². The predicted octanol–water partition coefficient (Wildman–Crippen LogP) is 3.68. The van der Waals surface area contributed by atoms with Crippen molar-refractivity contribution in [1.29, 1.82) is 0 Å². The smallest absolute Gasteiger partial charge is 0.238 e. The first kappa shape index (κ1) is 18.5. The van der Waals surface area contributed by atoms with Gasteiger partial charge in [-0.05, 0) is 41.7 Å². The van der Waals surface area contributed by atoms with Gasteiger partial charge in [-0.15, -0.1) is 0 Å². The second-order valence-corrected chi connectivity index (χ2v) is 6.60. The molecule has 7 heteroatoms. The molecule has 0 spiro atoms. The van der Waals surface area contributed by atoms with Gasteiger partial charge in [0.05, 0.1) is 12.8 Å². The van der Waals surface area contributed by atoms with Crippen molar-refractivity contribution in [3.05, 3.63) is 88.6 Å². The molecule has 0 amide bonds. The number of rotatable bonds is 5. The molecule has 3 rings (SSSR count). The number of halogens is 2. The van der Waals surface area contributed by atoms with E-state index in [1.807, 2.05) is 24.3 Å². The van der Waals surface area contributed by atoms with Gasteiger partial charge in [0.25, 0.3) is 0 Å². The fourth-order valence-corrected chi connectivity index (χ4v) is 2.99. The van der Waals surface area contributed by atoms with E-state index in [9.17, 15) is 5.11 Å². The van der Waals surface area contributed by atoms with Gasteiger partial charge in [-0.25, -0.2) is 0 Å². The first-order valence-electron chi connectivity index (χ1n) is 7.70. The Balaban J connectivity index is 2.02. The molecule has 0 aliphatic carbocycles. The van der Waals surface area contributed by atoms with E-state index in [0.29, 0.717) is 22.4 Å². The number of hydrogen-bond acceptors (Lipinski definition) is 3. The zero-order valence-electron chi connectivity index (χ0n) is 13.5. The third-order valence-corrected chi connectivity index (χ3v) is 4.48. The quantitative estimate of drug-likeness (QED) is 0.305. The largest absolute Gasteiger partial charge is 0.867 e. The highest BCUT2D eigenvalue weighted by molar-refractivity contribution is 7.81. The Bertz CT molecular complexity index is 941. The Hall–Kier alpha value is -2.34. The number of thiocarbonyl (C=S) groups is 1. The predicted molar refractivity (Wildman–Crippen MR) is 104 cm³/mol. The third kappa shape index (κ3) is 4.25. The highest BCUT2D eigenvalue weighted by Crippen LogP contribution is 2.26. The summed E-state index contributed by atoms with van der Waals surface area (Å²) in [5.74, 6) is 0.378. The summed E-state index contributed by atoms with van der Waals surface area (Å²) < 4.78 is 6.94. The standard InChI is InChI=1S/C19H14Cl2N2O2S/c20-13-6-7-16(21)15(11-13)18(24)17(23-8-2-1-3-9-23)19(26)22-12-14-5-4-10-25-14/h1-11H,12H2,(H-,22,24,26). The molecule has 0 atom stereocenters. The van der Waals surface area contributed by atoms with Crippen molar-refractivity contribution < 1.29 is 14.1 Å². The van der Waals surface area contributed by atoms with E-state index < -0.39 is 0 Å². The average molecular weight is 405 g/mol. The van der Waals surface area contributed by atoms with Crippen molar-refractivity contribution >= 4 is 51.9 Å². The van der Waals surface area contributed by atoms with Gasteiger partial charge in [-0.1, -0.05) is 41.5 Å². The SMILES string of the molecule is [O-]/C(=C(/C(=S)NCc1ccco1)[n+]1ccccc1)c1cc(Cl)ccc1Cl. The van der Waals surface area contributed by atoms with Gasteiger partial charge in [0.15, 0.2) is 17.4 Å². The lowest BCUT2D eigenvalue weighted by molar-refractivity contribution is -0.578. The average Bonchev–Trinajstić information content (AvgIpc) is 3.16. The van der Waals surface area contributed by atoms with Crippen molar-refractivity contribution in [2.45, 2.75) is 6.54 Å². The summed E-state index contributed by atoms with van der Waals surface area (Å²) in [7, 11) is 0. The molecular weight excluding hydrogens is 391 g/mol. The van der Waals surface area contributed by atoms with Crippen LogP contribution in [0.15, 0.2) is 71.6 Å².